The van der Waals surface area contributed by atoms with Crippen molar-refractivity contribution in [2.45, 2.75) is 20.8 Å². The van der Waals surface area contributed by atoms with E-state index in [9.17, 15) is 4.79 Å². The summed E-state index contributed by atoms with van der Waals surface area (Å²) in [7, 11) is 0. The molecule has 0 spiro atoms. The number of aryl methyl sites for hydroxylation is 3. The molecule has 0 radical (unpaired) electrons. The van der Waals surface area contributed by atoms with Gasteiger partial charge in [0.15, 0.2) is 5.82 Å². The highest BCUT2D eigenvalue weighted by Crippen LogP contribution is 2.15. The Morgan fingerprint density at radius 1 is 1.29 bits per heavy atom. The highest BCUT2D eigenvalue weighted by molar-refractivity contribution is 5.87. The summed E-state index contributed by atoms with van der Waals surface area (Å²) in [5.41, 5.74) is 2.86. The van der Waals surface area contributed by atoms with Crippen molar-refractivity contribution in [1.82, 2.24) is 14.8 Å². The molecule has 0 amide bonds. The van der Waals surface area contributed by atoms with Crippen molar-refractivity contribution < 1.29 is 9.90 Å². The van der Waals surface area contributed by atoms with Crippen LogP contribution in [0.4, 0.5) is 0 Å². The average Bonchev–Trinajstić information content (AvgIpc) is 2.57. The lowest BCUT2D eigenvalue weighted by Gasteiger charge is -2.07. The molecule has 0 aliphatic heterocycles. The Bertz CT molecular complexity index is 587. The Labute approximate surface area is 98.7 Å². The topological polar surface area (TPSA) is 68.0 Å². The SMILES string of the molecule is Cc1cc(C)n(-c2ncc(C(=O)O)cc2C)n1. The monoisotopic (exact) mass is 231 g/mol. The summed E-state index contributed by atoms with van der Waals surface area (Å²) in [6.45, 7) is 5.67. The van der Waals surface area contributed by atoms with Gasteiger partial charge >= 0.3 is 5.97 Å². The summed E-state index contributed by atoms with van der Waals surface area (Å²) in [6, 6.07) is 3.55. The molecule has 88 valence electrons. The Kier molecular flexibility index (Phi) is 2.67. The summed E-state index contributed by atoms with van der Waals surface area (Å²) in [5.74, 6) is -0.305. The van der Waals surface area contributed by atoms with Crippen LogP contribution in [0.25, 0.3) is 5.82 Å². The number of carbonyl (C=O) groups is 1. The van der Waals surface area contributed by atoms with E-state index in [4.69, 9.17) is 5.11 Å². The number of pyridine rings is 1. The molecule has 0 saturated carbocycles. The number of hydrogen-bond acceptors (Lipinski definition) is 3. The van der Waals surface area contributed by atoms with Gasteiger partial charge in [-0.25, -0.2) is 14.5 Å². The number of nitrogens with zero attached hydrogens (tertiary/aromatic N) is 3. The quantitative estimate of drug-likeness (QED) is 0.857. The Morgan fingerprint density at radius 3 is 2.47 bits per heavy atom. The molecule has 1 N–H and O–H groups in total. The van der Waals surface area contributed by atoms with E-state index in [1.165, 1.54) is 6.20 Å². The van der Waals surface area contributed by atoms with E-state index in [2.05, 4.69) is 10.1 Å². The molecule has 0 saturated heterocycles. The first-order valence-corrected chi connectivity index (χ1v) is 5.22. The summed E-state index contributed by atoms with van der Waals surface area (Å²) in [6.07, 6.45) is 1.35. The molecule has 2 aromatic heterocycles. The minimum atomic E-state index is -0.972. The summed E-state index contributed by atoms with van der Waals surface area (Å²) < 4.78 is 1.72. The molecule has 5 nitrogen and oxygen atoms in total. The molecular formula is C12H13N3O2. The number of hydrogen-bond donors (Lipinski definition) is 1. The van der Waals surface area contributed by atoms with Gasteiger partial charge in [0.25, 0.3) is 0 Å². The van der Waals surface area contributed by atoms with Crippen LogP contribution in [0.15, 0.2) is 18.3 Å². The van der Waals surface area contributed by atoms with Gasteiger partial charge in [0.1, 0.15) is 0 Å². The highest BCUT2D eigenvalue weighted by atomic mass is 16.4. The molecule has 2 rings (SSSR count). The van der Waals surface area contributed by atoms with Gasteiger partial charge in [-0.3, -0.25) is 0 Å². The Balaban J connectivity index is 2.54. The van der Waals surface area contributed by atoms with Crippen LogP contribution in [0.5, 0.6) is 0 Å². The number of carboxylic acid groups (broad SMARTS) is 1. The van der Waals surface area contributed by atoms with E-state index < -0.39 is 5.97 Å². The third-order valence-electron chi connectivity index (χ3n) is 2.51. The van der Waals surface area contributed by atoms with Gasteiger partial charge in [0.05, 0.1) is 11.3 Å². The van der Waals surface area contributed by atoms with E-state index in [0.29, 0.717) is 5.82 Å². The normalized spacial score (nSPS) is 10.5. The van der Waals surface area contributed by atoms with Crippen LogP contribution in [0.1, 0.15) is 27.3 Å². The van der Waals surface area contributed by atoms with E-state index in [-0.39, 0.29) is 5.56 Å². The second-order valence-corrected chi connectivity index (χ2v) is 4.01. The van der Waals surface area contributed by atoms with Crippen LogP contribution in [0.3, 0.4) is 0 Å². The van der Waals surface area contributed by atoms with Crippen LogP contribution in [0.2, 0.25) is 0 Å². The maximum absolute atomic E-state index is 10.8. The van der Waals surface area contributed by atoms with Gasteiger partial charge in [-0.2, -0.15) is 5.10 Å². The molecule has 0 aromatic carbocycles. The standard InChI is InChI=1S/C12H13N3O2/c1-7-4-10(12(16)17)6-13-11(7)15-9(3)5-8(2)14-15/h4-6H,1-3H3,(H,16,17). The molecule has 2 heterocycles. The molecule has 0 unspecified atom stereocenters. The van der Waals surface area contributed by atoms with Crippen LogP contribution in [-0.2, 0) is 0 Å². The number of aromatic carboxylic acids is 1. The molecule has 5 heteroatoms. The predicted octanol–water partition coefficient (Wildman–Crippen LogP) is 1.89. The Morgan fingerprint density at radius 2 is 2.00 bits per heavy atom. The first-order chi connectivity index (χ1) is 7.99. The summed E-state index contributed by atoms with van der Waals surface area (Å²) in [5, 5.41) is 13.2. The van der Waals surface area contributed by atoms with Crippen molar-refractivity contribution in [2.75, 3.05) is 0 Å². The van der Waals surface area contributed by atoms with Crippen molar-refractivity contribution in [3.8, 4) is 5.82 Å². The van der Waals surface area contributed by atoms with Gasteiger partial charge in [0, 0.05) is 11.9 Å². The molecule has 0 aliphatic rings. The number of carboxylic acids is 1. The van der Waals surface area contributed by atoms with Gasteiger partial charge in [-0.05, 0) is 38.5 Å². The van der Waals surface area contributed by atoms with Gasteiger partial charge < -0.3 is 5.11 Å². The molecular weight excluding hydrogens is 218 g/mol. The van der Waals surface area contributed by atoms with Crippen LogP contribution in [0, 0.1) is 20.8 Å². The second-order valence-electron chi connectivity index (χ2n) is 4.01. The third-order valence-corrected chi connectivity index (χ3v) is 2.51. The smallest absolute Gasteiger partial charge is 0.337 e. The first kappa shape index (κ1) is 11.3. The van der Waals surface area contributed by atoms with Gasteiger partial charge in [-0.15, -0.1) is 0 Å². The van der Waals surface area contributed by atoms with Crippen molar-refractivity contribution in [2.24, 2.45) is 0 Å². The van der Waals surface area contributed by atoms with E-state index in [0.717, 1.165) is 17.0 Å². The van der Waals surface area contributed by atoms with E-state index in [1.54, 1.807) is 10.7 Å². The number of aromatic nitrogens is 3. The van der Waals surface area contributed by atoms with Crippen molar-refractivity contribution >= 4 is 5.97 Å². The maximum Gasteiger partial charge on any atom is 0.337 e. The molecule has 0 atom stereocenters. The highest BCUT2D eigenvalue weighted by Gasteiger charge is 2.11. The second kappa shape index (κ2) is 4.01. The zero-order valence-electron chi connectivity index (χ0n) is 9.93. The minimum absolute atomic E-state index is 0.188. The van der Waals surface area contributed by atoms with Crippen molar-refractivity contribution in [1.29, 1.82) is 0 Å². The fraction of sp³-hybridized carbons (Fsp3) is 0.250. The maximum atomic E-state index is 10.8. The van der Waals surface area contributed by atoms with Gasteiger partial charge in [0.2, 0.25) is 0 Å². The van der Waals surface area contributed by atoms with Crippen LogP contribution < -0.4 is 0 Å². The Hall–Kier alpha value is -2.17. The predicted molar refractivity (Wildman–Crippen MR) is 62.5 cm³/mol. The lowest BCUT2D eigenvalue weighted by Crippen LogP contribution is -2.07. The lowest BCUT2D eigenvalue weighted by molar-refractivity contribution is 0.0696. The van der Waals surface area contributed by atoms with E-state index in [1.807, 2.05) is 26.8 Å². The third kappa shape index (κ3) is 2.04. The van der Waals surface area contributed by atoms with Crippen molar-refractivity contribution in [3.63, 3.8) is 0 Å². The lowest BCUT2D eigenvalue weighted by atomic mass is 10.2. The molecule has 0 bridgehead atoms. The molecule has 0 aliphatic carbocycles. The molecule has 0 fully saturated rings. The molecule has 17 heavy (non-hydrogen) atoms. The van der Waals surface area contributed by atoms with Crippen LogP contribution >= 0.6 is 0 Å². The van der Waals surface area contributed by atoms with E-state index >= 15 is 0 Å². The van der Waals surface area contributed by atoms with Gasteiger partial charge in [-0.1, -0.05) is 0 Å². The summed E-state index contributed by atoms with van der Waals surface area (Å²) in [4.78, 5) is 15.0. The minimum Gasteiger partial charge on any atom is -0.478 e. The van der Waals surface area contributed by atoms with Crippen LogP contribution in [-0.4, -0.2) is 25.8 Å². The largest absolute Gasteiger partial charge is 0.478 e. The first-order valence-electron chi connectivity index (χ1n) is 5.22. The zero-order valence-corrected chi connectivity index (χ0v) is 9.93. The molecule has 2 aromatic rings. The summed E-state index contributed by atoms with van der Waals surface area (Å²) >= 11 is 0. The number of rotatable bonds is 2. The average molecular weight is 231 g/mol. The van der Waals surface area contributed by atoms with Crippen molar-refractivity contribution in [3.05, 3.63) is 40.8 Å². The fourth-order valence-corrected chi connectivity index (χ4v) is 1.75. The zero-order chi connectivity index (χ0) is 12.6. The fourth-order valence-electron chi connectivity index (χ4n) is 1.75.